The first kappa shape index (κ1) is 14.4. The molecule has 0 aliphatic rings. The van der Waals surface area contributed by atoms with Gasteiger partial charge in [0.1, 0.15) is 11.7 Å². The summed E-state index contributed by atoms with van der Waals surface area (Å²) in [7, 11) is 0. The average molecular weight is 274 g/mol. The van der Waals surface area contributed by atoms with Crippen molar-refractivity contribution < 1.29 is 5.21 Å². The molecular weight excluding hydrogens is 252 g/mol. The fourth-order valence-electron chi connectivity index (χ4n) is 2.56. The molecule has 0 radical (unpaired) electrons. The Balaban J connectivity index is 2.39. The molecule has 0 aliphatic carbocycles. The molecule has 20 heavy (non-hydrogen) atoms. The maximum Gasteiger partial charge on any atom is 0.146 e. The minimum atomic E-state index is 0.185. The number of amidine groups is 1. The summed E-state index contributed by atoms with van der Waals surface area (Å²) in [5.41, 5.74) is 7.69. The molecule has 2 rings (SSSR count). The van der Waals surface area contributed by atoms with E-state index in [0.717, 1.165) is 23.4 Å². The highest BCUT2D eigenvalue weighted by atomic mass is 16.4. The molecule has 1 aromatic heterocycles. The predicted octanol–water partition coefficient (Wildman–Crippen LogP) is 2.76. The second-order valence-electron chi connectivity index (χ2n) is 5.29. The van der Waals surface area contributed by atoms with Gasteiger partial charge < -0.3 is 15.5 Å². The lowest BCUT2D eigenvalue weighted by molar-refractivity contribution is 0.317. The summed E-state index contributed by atoms with van der Waals surface area (Å²) >= 11 is 0. The quantitative estimate of drug-likeness (QED) is 0.368. The van der Waals surface area contributed by atoms with Crippen LogP contribution in [0.15, 0.2) is 29.4 Å². The molecule has 2 aromatic rings. The van der Waals surface area contributed by atoms with Crippen LogP contribution in [-0.4, -0.2) is 20.6 Å². The van der Waals surface area contributed by atoms with Gasteiger partial charge in [-0.3, -0.25) is 0 Å². The van der Waals surface area contributed by atoms with Crippen LogP contribution in [0.3, 0.4) is 0 Å². The third-order valence-electron chi connectivity index (χ3n) is 3.48. The first-order chi connectivity index (χ1) is 9.65. The van der Waals surface area contributed by atoms with Gasteiger partial charge in [0, 0.05) is 6.54 Å². The normalized spacial score (nSPS) is 13.8. The molecule has 1 unspecified atom stereocenters. The lowest BCUT2D eigenvalue weighted by Crippen LogP contribution is -2.19. The zero-order valence-electron chi connectivity index (χ0n) is 12.1. The van der Waals surface area contributed by atoms with E-state index >= 15 is 0 Å². The van der Waals surface area contributed by atoms with Gasteiger partial charge in [-0.05, 0) is 24.5 Å². The second-order valence-corrected chi connectivity index (χ2v) is 5.29. The molecule has 0 fully saturated rings. The van der Waals surface area contributed by atoms with Crippen molar-refractivity contribution in [3.8, 4) is 0 Å². The minimum Gasteiger partial charge on any atom is -0.409 e. The smallest absolute Gasteiger partial charge is 0.146 e. The summed E-state index contributed by atoms with van der Waals surface area (Å²) in [4.78, 5) is 4.60. The minimum absolute atomic E-state index is 0.185. The second kappa shape index (κ2) is 6.41. The SMILES string of the molecule is CCCC(C)Cn1c(CC(N)=NO)nc2ccccc21. The third-order valence-corrected chi connectivity index (χ3v) is 3.48. The van der Waals surface area contributed by atoms with E-state index < -0.39 is 0 Å². The standard InChI is InChI=1S/C15H22N4O/c1-3-6-11(2)10-19-13-8-5-4-7-12(13)17-15(19)9-14(16)18-20/h4-5,7-8,11,20H,3,6,9-10H2,1-2H3,(H2,16,18). The molecule has 0 bridgehead atoms. The van der Waals surface area contributed by atoms with Crippen LogP contribution in [0.25, 0.3) is 11.0 Å². The Morgan fingerprint density at radius 1 is 1.45 bits per heavy atom. The van der Waals surface area contributed by atoms with Gasteiger partial charge in [-0.1, -0.05) is 37.6 Å². The Morgan fingerprint density at radius 2 is 2.20 bits per heavy atom. The molecular formula is C15H22N4O. The van der Waals surface area contributed by atoms with Crippen LogP contribution in [-0.2, 0) is 13.0 Å². The summed E-state index contributed by atoms with van der Waals surface area (Å²) in [6, 6.07) is 8.05. The van der Waals surface area contributed by atoms with Crippen LogP contribution in [0.4, 0.5) is 0 Å². The molecule has 0 spiro atoms. The van der Waals surface area contributed by atoms with E-state index in [1.54, 1.807) is 0 Å². The highest BCUT2D eigenvalue weighted by molar-refractivity contribution is 5.83. The number of nitrogens with two attached hydrogens (primary N) is 1. The molecule has 0 amide bonds. The molecule has 1 atom stereocenters. The summed E-state index contributed by atoms with van der Waals surface area (Å²) < 4.78 is 2.19. The Kier molecular flexibility index (Phi) is 4.61. The zero-order chi connectivity index (χ0) is 14.5. The number of hydrogen-bond donors (Lipinski definition) is 2. The summed E-state index contributed by atoms with van der Waals surface area (Å²) in [6.45, 7) is 5.34. The Labute approximate surface area is 119 Å². The molecule has 1 aromatic carbocycles. The van der Waals surface area contributed by atoms with Crippen LogP contribution in [0.5, 0.6) is 0 Å². The summed E-state index contributed by atoms with van der Waals surface area (Å²) in [6.07, 6.45) is 2.71. The van der Waals surface area contributed by atoms with E-state index in [4.69, 9.17) is 10.9 Å². The largest absolute Gasteiger partial charge is 0.409 e. The molecule has 0 saturated carbocycles. The van der Waals surface area contributed by atoms with Gasteiger partial charge in [-0.25, -0.2) is 4.98 Å². The van der Waals surface area contributed by atoms with Gasteiger partial charge in [0.25, 0.3) is 0 Å². The van der Waals surface area contributed by atoms with Crippen molar-refractivity contribution in [2.24, 2.45) is 16.8 Å². The Bertz CT molecular complexity index is 603. The van der Waals surface area contributed by atoms with Crippen molar-refractivity contribution in [2.45, 2.75) is 39.7 Å². The molecule has 0 saturated heterocycles. The number of para-hydroxylation sites is 2. The monoisotopic (exact) mass is 274 g/mol. The number of benzene rings is 1. The highest BCUT2D eigenvalue weighted by Gasteiger charge is 2.14. The number of hydrogen-bond acceptors (Lipinski definition) is 3. The number of rotatable bonds is 6. The van der Waals surface area contributed by atoms with Crippen molar-refractivity contribution in [1.82, 2.24) is 9.55 Å². The Morgan fingerprint density at radius 3 is 2.90 bits per heavy atom. The van der Waals surface area contributed by atoms with Gasteiger partial charge in [0.15, 0.2) is 0 Å². The van der Waals surface area contributed by atoms with Gasteiger partial charge in [0.2, 0.25) is 0 Å². The molecule has 108 valence electrons. The van der Waals surface area contributed by atoms with Crippen molar-refractivity contribution in [3.63, 3.8) is 0 Å². The van der Waals surface area contributed by atoms with Crippen LogP contribution in [0, 0.1) is 5.92 Å². The number of imidazole rings is 1. The number of nitrogens with zero attached hydrogens (tertiary/aromatic N) is 3. The van der Waals surface area contributed by atoms with E-state index in [1.165, 1.54) is 12.8 Å². The van der Waals surface area contributed by atoms with Crippen molar-refractivity contribution in [1.29, 1.82) is 0 Å². The number of aromatic nitrogens is 2. The fourth-order valence-corrected chi connectivity index (χ4v) is 2.56. The maximum atomic E-state index is 8.75. The Hall–Kier alpha value is -2.04. The summed E-state index contributed by atoms with van der Waals surface area (Å²) in [5, 5.41) is 11.8. The van der Waals surface area contributed by atoms with Crippen LogP contribution >= 0.6 is 0 Å². The van der Waals surface area contributed by atoms with Crippen LogP contribution in [0.1, 0.15) is 32.5 Å². The van der Waals surface area contributed by atoms with E-state index in [2.05, 4.69) is 34.6 Å². The third kappa shape index (κ3) is 3.10. The maximum absolute atomic E-state index is 8.75. The van der Waals surface area contributed by atoms with E-state index in [0.29, 0.717) is 12.3 Å². The van der Waals surface area contributed by atoms with Crippen molar-refractivity contribution in [2.75, 3.05) is 0 Å². The first-order valence-corrected chi connectivity index (χ1v) is 7.06. The molecule has 5 nitrogen and oxygen atoms in total. The van der Waals surface area contributed by atoms with E-state index in [-0.39, 0.29) is 5.84 Å². The lowest BCUT2D eigenvalue weighted by Gasteiger charge is -2.14. The van der Waals surface area contributed by atoms with Crippen LogP contribution in [0.2, 0.25) is 0 Å². The first-order valence-electron chi connectivity index (χ1n) is 7.06. The van der Waals surface area contributed by atoms with Gasteiger partial charge in [-0.15, -0.1) is 0 Å². The van der Waals surface area contributed by atoms with Gasteiger partial charge in [0.05, 0.1) is 17.5 Å². The average Bonchev–Trinajstić information content (AvgIpc) is 2.77. The summed E-state index contributed by atoms with van der Waals surface area (Å²) in [5.74, 6) is 1.61. The number of fused-ring (bicyclic) bond motifs is 1. The van der Waals surface area contributed by atoms with Crippen molar-refractivity contribution in [3.05, 3.63) is 30.1 Å². The number of oxime groups is 1. The van der Waals surface area contributed by atoms with Gasteiger partial charge >= 0.3 is 0 Å². The topological polar surface area (TPSA) is 76.4 Å². The highest BCUT2D eigenvalue weighted by Crippen LogP contribution is 2.19. The van der Waals surface area contributed by atoms with Crippen LogP contribution < -0.4 is 5.73 Å². The van der Waals surface area contributed by atoms with E-state index in [9.17, 15) is 0 Å². The van der Waals surface area contributed by atoms with Gasteiger partial charge in [-0.2, -0.15) is 0 Å². The van der Waals surface area contributed by atoms with E-state index in [1.807, 2.05) is 18.2 Å². The molecule has 5 heteroatoms. The molecule has 3 N–H and O–H groups in total. The predicted molar refractivity (Wildman–Crippen MR) is 80.9 cm³/mol. The molecule has 1 heterocycles. The zero-order valence-corrected chi connectivity index (χ0v) is 12.1. The fraction of sp³-hybridized carbons (Fsp3) is 0.467. The van der Waals surface area contributed by atoms with Crippen molar-refractivity contribution >= 4 is 16.9 Å². The lowest BCUT2D eigenvalue weighted by atomic mass is 10.1. The molecule has 0 aliphatic heterocycles.